The van der Waals surface area contributed by atoms with Crippen LogP contribution < -0.4 is 4.90 Å². The van der Waals surface area contributed by atoms with Crippen molar-refractivity contribution in [1.82, 2.24) is 0 Å². The van der Waals surface area contributed by atoms with E-state index in [4.69, 9.17) is 4.74 Å². The van der Waals surface area contributed by atoms with Gasteiger partial charge in [0, 0.05) is 5.56 Å². The summed E-state index contributed by atoms with van der Waals surface area (Å²) in [7, 11) is 0. The van der Waals surface area contributed by atoms with Gasteiger partial charge in [-0.25, -0.2) is 14.1 Å². The third kappa shape index (κ3) is 3.73. The SMILES string of the molecule is C[C@@H](OC(=O)c1ccc2c(c1)C(=O)N(c1ccc(F)cc1)C2=O)C(=O)c1ccccc1. The number of halogens is 1. The average Bonchev–Trinajstić information content (AvgIpc) is 3.04. The first-order valence-electron chi connectivity index (χ1n) is 9.45. The van der Waals surface area contributed by atoms with E-state index >= 15 is 0 Å². The number of carbonyl (C=O) groups is 4. The Hall–Kier alpha value is -4.13. The molecular weight excluding hydrogens is 401 g/mol. The van der Waals surface area contributed by atoms with Crippen LogP contribution in [0.4, 0.5) is 10.1 Å². The van der Waals surface area contributed by atoms with E-state index in [1.807, 2.05) is 0 Å². The lowest BCUT2D eigenvalue weighted by atomic mass is 10.1. The van der Waals surface area contributed by atoms with Crippen LogP contribution in [0.25, 0.3) is 0 Å². The Morgan fingerprint density at radius 2 is 1.48 bits per heavy atom. The minimum atomic E-state index is -1.03. The standard InChI is InChI=1S/C24H16FNO5/c1-14(21(27)15-5-3-2-4-6-15)31-24(30)16-7-12-19-20(13-16)23(29)26(22(19)28)18-10-8-17(25)9-11-18/h2-14H,1H3/t14-/m1/s1. The Bertz CT molecular complexity index is 1200. The highest BCUT2D eigenvalue weighted by molar-refractivity contribution is 6.34. The number of carbonyl (C=O) groups excluding carboxylic acids is 4. The van der Waals surface area contributed by atoms with E-state index in [2.05, 4.69) is 0 Å². The summed E-state index contributed by atoms with van der Waals surface area (Å²) >= 11 is 0. The first-order chi connectivity index (χ1) is 14.9. The minimum Gasteiger partial charge on any atom is -0.451 e. The summed E-state index contributed by atoms with van der Waals surface area (Å²) in [5, 5.41) is 0. The number of imide groups is 1. The van der Waals surface area contributed by atoms with Gasteiger partial charge in [0.2, 0.25) is 5.78 Å². The molecule has 154 valence electrons. The van der Waals surface area contributed by atoms with Gasteiger partial charge in [0.05, 0.1) is 22.4 Å². The lowest BCUT2D eigenvalue weighted by molar-refractivity contribution is 0.0318. The predicted octanol–water partition coefficient (Wildman–Crippen LogP) is 4.05. The molecule has 7 heteroatoms. The molecule has 1 atom stereocenters. The van der Waals surface area contributed by atoms with E-state index in [1.165, 1.54) is 37.3 Å². The predicted molar refractivity (Wildman–Crippen MR) is 110 cm³/mol. The molecule has 0 N–H and O–H groups in total. The molecule has 3 aromatic rings. The van der Waals surface area contributed by atoms with Crippen molar-refractivity contribution in [3.8, 4) is 0 Å². The molecule has 1 aliphatic rings. The number of esters is 1. The summed E-state index contributed by atoms with van der Waals surface area (Å²) < 4.78 is 18.4. The molecule has 0 radical (unpaired) electrons. The van der Waals surface area contributed by atoms with Crippen molar-refractivity contribution < 1.29 is 28.3 Å². The van der Waals surface area contributed by atoms with Crippen molar-refractivity contribution >= 4 is 29.3 Å². The first-order valence-corrected chi connectivity index (χ1v) is 9.45. The van der Waals surface area contributed by atoms with Gasteiger partial charge in [0.1, 0.15) is 5.82 Å². The molecule has 0 unspecified atom stereocenters. The fraction of sp³-hybridized carbons (Fsp3) is 0.0833. The van der Waals surface area contributed by atoms with Crippen LogP contribution in [-0.4, -0.2) is 29.7 Å². The van der Waals surface area contributed by atoms with Crippen molar-refractivity contribution in [2.45, 2.75) is 13.0 Å². The van der Waals surface area contributed by atoms with Crippen LogP contribution >= 0.6 is 0 Å². The van der Waals surface area contributed by atoms with Crippen LogP contribution in [0.1, 0.15) is 48.4 Å². The van der Waals surface area contributed by atoms with Gasteiger partial charge in [-0.2, -0.15) is 0 Å². The van der Waals surface area contributed by atoms with Crippen molar-refractivity contribution in [3.05, 3.63) is 101 Å². The van der Waals surface area contributed by atoms with Gasteiger partial charge in [-0.15, -0.1) is 0 Å². The number of hydrogen-bond acceptors (Lipinski definition) is 5. The van der Waals surface area contributed by atoms with Crippen LogP contribution in [0.15, 0.2) is 72.8 Å². The molecule has 2 amide bonds. The van der Waals surface area contributed by atoms with Gasteiger partial charge in [-0.05, 0) is 49.4 Å². The second-order valence-electron chi connectivity index (χ2n) is 6.96. The van der Waals surface area contributed by atoms with Crippen LogP contribution in [0, 0.1) is 5.82 Å². The third-order valence-corrected chi connectivity index (χ3v) is 4.92. The van der Waals surface area contributed by atoms with Crippen LogP contribution in [0.5, 0.6) is 0 Å². The Labute approximate surface area is 176 Å². The maximum Gasteiger partial charge on any atom is 0.338 e. The van der Waals surface area contributed by atoms with Gasteiger partial charge >= 0.3 is 5.97 Å². The number of ketones is 1. The number of fused-ring (bicyclic) bond motifs is 1. The molecule has 0 saturated carbocycles. The van der Waals surface area contributed by atoms with Crippen LogP contribution in [0.3, 0.4) is 0 Å². The summed E-state index contributed by atoms with van der Waals surface area (Å²) in [5.41, 5.74) is 0.824. The van der Waals surface area contributed by atoms with E-state index in [0.29, 0.717) is 5.56 Å². The van der Waals surface area contributed by atoms with Crippen LogP contribution in [-0.2, 0) is 4.74 Å². The van der Waals surface area contributed by atoms with E-state index in [1.54, 1.807) is 30.3 Å². The maximum absolute atomic E-state index is 13.2. The molecular formula is C24H16FNO5. The Morgan fingerprint density at radius 3 is 2.16 bits per heavy atom. The zero-order chi connectivity index (χ0) is 22.1. The number of benzene rings is 3. The van der Waals surface area contributed by atoms with E-state index < -0.39 is 29.7 Å². The van der Waals surface area contributed by atoms with Gasteiger partial charge in [0.15, 0.2) is 6.10 Å². The lowest BCUT2D eigenvalue weighted by Crippen LogP contribution is -2.29. The number of ether oxygens (including phenoxy) is 1. The molecule has 31 heavy (non-hydrogen) atoms. The molecule has 0 saturated heterocycles. The highest BCUT2D eigenvalue weighted by atomic mass is 19.1. The number of hydrogen-bond donors (Lipinski definition) is 0. The number of anilines is 1. The smallest absolute Gasteiger partial charge is 0.338 e. The zero-order valence-electron chi connectivity index (χ0n) is 16.4. The quantitative estimate of drug-likeness (QED) is 0.355. The number of nitrogens with zero attached hydrogens (tertiary/aromatic N) is 1. The highest BCUT2D eigenvalue weighted by Crippen LogP contribution is 2.29. The Balaban J connectivity index is 1.55. The normalized spacial score (nSPS) is 13.7. The average molecular weight is 417 g/mol. The molecule has 6 nitrogen and oxygen atoms in total. The summed E-state index contributed by atoms with van der Waals surface area (Å²) in [6, 6.07) is 17.3. The first kappa shape index (κ1) is 20.2. The minimum absolute atomic E-state index is 0.0332. The highest BCUT2D eigenvalue weighted by Gasteiger charge is 2.37. The third-order valence-electron chi connectivity index (χ3n) is 4.92. The van der Waals surface area contributed by atoms with Gasteiger partial charge < -0.3 is 4.74 Å². The van der Waals surface area contributed by atoms with Gasteiger partial charge in [-0.1, -0.05) is 30.3 Å². The molecule has 0 spiro atoms. The second-order valence-corrected chi connectivity index (χ2v) is 6.96. The zero-order valence-corrected chi connectivity index (χ0v) is 16.4. The molecule has 0 aliphatic carbocycles. The molecule has 0 aromatic heterocycles. The molecule has 1 aliphatic heterocycles. The van der Waals surface area contributed by atoms with E-state index in [9.17, 15) is 23.6 Å². The van der Waals surface area contributed by atoms with Crippen molar-refractivity contribution in [1.29, 1.82) is 0 Å². The summed E-state index contributed by atoms with van der Waals surface area (Å²) in [5.74, 6) is -2.85. The number of Topliss-reactive ketones (excluding diaryl/α,β-unsaturated/α-hetero) is 1. The number of amides is 2. The summed E-state index contributed by atoms with van der Waals surface area (Å²) in [4.78, 5) is 51.3. The summed E-state index contributed by atoms with van der Waals surface area (Å²) in [6.07, 6.45) is -1.03. The van der Waals surface area contributed by atoms with Crippen LogP contribution in [0.2, 0.25) is 0 Å². The molecule has 3 aromatic carbocycles. The topological polar surface area (TPSA) is 80.8 Å². The Morgan fingerprint density at radius 1 is 0.839 bits per heavy atom. The Kier molecular flexibility index (Phi) is 5.17. The molecule has 0 bridgehead atoms. The maximum atomic E-state index is 13.2. The largest absolute Gasteiger partial charge is 0.451 e. The monoisotopic (exact) mass is 417 g/mol. The van der Waals surface area contributed by atoms with Crippen molar-refractivity contribution in [2.24, 2.45) is 0 Å². The molecule has 1 heterocycles. The molecule has 4 rings (SSSR count). The molecule has 0 fully saturated rings. The van der Waals surface area contributed by atoms with Crippen molar-refractivity contribution in [3.63, 3.8) is 0 Å². The fourth-order valence-corrected chi connectivity index (χ4v) is 3.31. The fourth-order valence-electron chi connectivity index (χ4n) is 3.31. The summed E-state index contributed by atoms with van der Waals surface area (Å²) in [6.45, 7) is 1.46. The van der Waals surface area contributed by atoms with Gasteiger partial charge in [-0.3, -0.25) is 14.4 Å². The van der Waals surface area contributed by atoms with E-state index in [0.717, 1.165) is 17.0 Å². The second kappa shape index (κ2) is 7.95. The van der Waals surface area contributed by atoms with Gasteiger partial charge in [0.25, 0.3) is 11.8 Å². The number of rotatable bonds is 5. The van der Waals surface area contributed by atoms with E-state index in [-0.39, 0.29) is 28.2 Å². The van der Waals surface area contributed by atoms with Crippen molar-refractivity contribution in [2.75, 3.05) is 4.90 Å². The lowest BCUT2D eigenvalue weighted by Gasteiger charge is -2.13.